The summed E-state index contributed by atoms with van der Waals surface area (Å²) in [4.78, 5) is 22.2. The fraction of sp³-hybridized carbons (Fsp3) is 0.333. The van der Waals surface area contributed by atoms with Crippen LogP contribution in [0, 0.1) is 0 Å². The van der Waals surface area contributed by atoms with Crippen LogP contribution < -0.4 is 4.74 Å². The number of benzene rings is 1. The molecule has 1 heterocycles. The van der Waals surface area contributed by atoms with Crippen LogP contribution in [0.25, 0.3) is 0 Å². The minimum Gasteiger partial charge on any atom is -0.492 e. The molecule has 1 aliphatic heterocycles. The normalized spacial score (nSPS) is 14.8. The third kappa shape index (κ3) is 2.66. The Bertz CT molecular complexity index is 667. The Kier molecular flexibility index (Phi) is 3.78. The van der Waals surface area contributed by atoms with Crippen LogP contribution in [-0.2, 0) is 14.8 Å². The zero-order valence-electron chi connectivity index (χ0n) is 10.7. The van der Waals surface area contributed by atoms with Crippen LogP contribution in [0.4, 0.5) is 0 Å². The van der Waals surface area contributed by atoms with Gasteiger partial charge in [0.2, 0.25) is 10.0 Å². The van der Waals surface area contributed by atoms with Crippen molar-refractivity contribution in [3.8, 4) is 5.75 Å². The van der Waals surface area contributed by atoms with E-state index in [-0.39, 0.29) is 29.3 Å². The highest BCUT2D eigenvalue weighted by Gasteiger charge is 2.26. The highest BCUT2D eigenvalue weighted by atomic mass is 32.2. The summed E-state index contributed by atoms with van der Waals surface area (Å²) in [7, 11) is -2.78. The molecule has 1 aromatic carbocycles. The van der Waals surface area contributed by atoms with E-state index in [9.17, 15) is 18.0 Å². The summed E-state index contributed by atoms with van der Waals surface area (Å²) in [6.45, 7) is -0.374. The number of hydrogen-bond acceptors (Lipinski definition) is 5. The molecule has 0 aromatic heterocycles. The Labute approximate surface area is 115 Å². The molecule has 0 unspecified atom stereocenters. The molecular formula is C12H13NO6S. The molecule has 0 aliphatic carbocycles. The lowest BCUT2D eigenvalue weighted by Crippen LogP contribution is -2.32. The van der Waals surface area contributed by atoms with Crippen molar-refractivity contribution in [1.29, 1.82) is 0 Å². The van der Waals surface area contributed by atoms with E-state index in [2.05, 4.69) is 0 Å². The number of aliphatic carboxylic acids is 1. The maximum Gasteiger partial charge on any atom is 0.318 e. The van der Waals surface area contributed by atoms with Gasteiger partial charge in [-0.3, -0.25) is 9.59 Å². The maximum absolute atomic E-state index is 12.2. The molecule has 1 aliphatic rings. The molecule has 7 nitrogen and oxygen atoms in total. The summed E-state index contributed by atoms with van der Waals surface area (Å²) in [5.74, 6) is -1.10. The highest BCUT2D eigenvalue weighted by Crippen LogP contribution is 2.28. The van der Waals surface area contributed by atoms with Crippen molar-refractivity contribution in [3.63, 3.8) is 0 Å². The van der Waals surface area contributed by atoms with Crippen LogP contribution in [0.15, 0.2) is 23.1 Å². The first-order chi connectivity index (χ1) is 9.32. The predicted molar refractivity (Wildman–Crippen MR) is 68.3 cm³/mol. The smallest absolute Gasteiger partial charge is 0.318 e. The van der Waals surface area contributed by atoms with Crippen LogP contribution >= 0.6 is 0 Å². The number of rotatable bonds is 4. The summed E-state index contributed by atoms with van der Waals surface area (Å²) < 4.78 is 30.3. The van der Waals surface area contributed by atoms with Crippen molar-refractivity contribution in [3.05, 3.63) is 23.8 Å². The van der Waals surface area contributed by atoms with E-state index >= 15 is 0 Å². The second-order valence-electron chi connectivity index (χ2n) is 4.33. The zero-order valence-corrected chi connectivity index (χ0v) is 11.5. The van der Waals surface area contributed by atoms with E-state index in [0.29, 0.717) is 10.1 Å². The first-order valence-corrected chi connectivity index (χ1v) is 7.24. The molecule has 0 atom stereocenters. The van der Waals surface area contributed by atoms with E-state index in [1.54, 1.807) is 0 Å². The van der Waals surface area contributed by atoms with Gasteiger partial charge in [-0.25, -0.2) is 8.42 Å². The number of ketones is 1. The first kappa shape index (κ1) is 14.5. The third-order valence-electron chi connectivity index (χ3n) is 2.90. The van der Waals surface area contributed by atoms with Gasteiger partial charge in [0.15, 0.2) is 5.78 Å². The number of Topliss-reactive ketones (excluding diaryl/α,β-unsaturated/α-hetero) is 1. The number of carbonyl (C=O) groups is 2. The Morgan fingerprint density at radius 3 is 2.80 bits per heavy atom. The Morgan fingerprint density at radius 1 is 1.45 bits per heavy atom. The monoisotopic (exact) mass is 299 g/mol. The number of hydrogen-bond donors (Lipinski definition) is 1. The van der Waals surface area contributed by atoms with Gasteiger partial charge in [-0.15, -0.1) is 0 Å². The van der Waals surface area contributed by atoms with Gasteiger partial charge in [-0.05, 0) is 18.2 Å². The number of nitrogens with zero attached hydrogens (tertiary/aromatic N) is 1. The van der Waals surface area contributed by atoms with Crippen molar-refractivity contribution >= 4 is 21.8 Å². The highest BCUT2D eigenvalue weighted by molar-refractivity contribution is 7.89. The molecule has 0 saturated carbocycles. The molecule has 1 aromatic rings. The van der Waals surface area contributed by atoms with Gasteiger partial charge in [0.25, 0.3) is 0 Å². The molecule has 20 heavy (non-hydrogen) atoms. The molecule has 0 radical (unpaired) electrons. The molecule has 2 rings (SSSR count). The summed E-state index contributed by atoms with van der Waals surface area (Å²) in [6.07, 6.45) is 0.196. The summed E-state index contributed by atoms with van der Waals surface area (Å²) in [6, 6.07) is 3.93. The van der Waals surface area contributed by atoms with Gasteiger partial charge in [-0.1, -0.05) is 0 Å². The second kappa shape index (κ2) is 5.22. The average Bonchev–Trinajstić information content (AvgIpc) is 2.38. The van der Waals surface area contributed by atoms with Crippen LogP contribution in [0.5, 0.6) is 5.75 Å². The maximum atomic E-state index is 12.2. The number of carbonyl (C=O) groups excluding carboxylic acids is 1. The van der Waals surface area contributed by atoms with E-state index < -0.39 is 22.5 Å². The molecule has 0 saturated heterocycles. The van der Waals surface area contributed by atoms with Gasteiger partial charge in [0.05, 0.1) is 17.1 Å². The molecule has 0 bridgehead atoms. The Balaban J connectivity index is 2.40. The van der Waals surface area contributed by atoms with Crippen LogP contribution in [0.2, 0.25) is 0 Å². The first-order valence-electron chi connectivity index (χ1n) is 5.80. The lowest BCUT2D eigenvalue weighted by molar-refractivity contribution is -0.137. The minimum atomic E-state index is -3.95. The molecular weight excluding hydrogens is 286 g/mol. The van der Waals surface area contributed by atoms with Crippen molar-refractivity contribution in [2.45, 2.75) is 11.3 Å². The fourth-order valence-electron chi connectivity index (χ4n) is 1.86. The lowest BCUT2D eigenvalue weighted by atomic mass is 10.1. The quantitative estimate of drug-likeness (QED) is 0.861. The van der Waals surface area contributed by atoms with Crippen LogP contribution in [-0.4, -0.2) is 49.8 Å². The molecule has 1 N–H and O–H groups in total. The third-order valence-corrected chi connectivity index (χ3v) is 4.70. The molecule has 0 fully saturated rings. The Morgan fingerprint density at radius 2 is 2.15 bits per heavy atom. The molecule has 0 spiro atoms. The van der Waals surface area contributed by atoms with Gasteiger partial charge in [0.1, 0.15) is 12.3 Å². The van der Waals surface area contributed by atoms with Crippen molar-refractivity contribution < 1.29 is 27.9 Å². The van der Waals surface area contributed by atoms with Crippen LogP contribution in [0.3, 0.4) is 0 Å². The number of carboxylic acids is 1. The summed E-state index contributed by atoms with van der Waals surface area (Å²) in [5, 5.41) is 8.65. The predicted octanol–water partition coefficient (Wildman–Crippen LogP) is 0.357. The molecule has 8 heteroatoms. The van der Waals surface area contributed by atoms with Gasteiger partial charge >= 0.3 is 5.97 Å². The number of likely N-dealkylation sites (N-methyl/N-ethyl adjacent to an activating group) is 1. The molecule has 0 amide bonds. The van der Waals surface area contributed by atoms with Gasteiger partial charge in [-0.2, -0.15) is 4.31 Å². The van der Waals surface area contributed by atoms with E-state index in [4.69, 9.17) is 9.84 Å². The summed E-state index contributed by atoms with van der Waals surface area (Å²) in [5.41, 5.74) is 0.209. The van der Waals surface area contributed by atoms with E-state index in [0.717, 1.165) is 0 Å². The Hall–Kier alpha value is -1.93. The topological polar surface area (TPSA) is 101 Å². The number of carboxylic acid groups (broad SMARTS) is 1. The van der Waals surface area contributed by atoms with Gasteiger partial charge in [0, 0.05) is 13.5 Å². The molecule has 108 valence electrons. The van der Waals surface area contributed by atoms with Crippen molar-refractivity contribution in [1.82, 2.24) is 4.31 Å². The zero-order chi connectivity index (χ0) is 14.9. The van der Waals surface area contributed by atoms with E-state index in [1.165, 1.54) is 25.2 Å². The second-order valence-corrected chi connectivity index (χ2v) is 6.38. The standard InChI is InChI=1S/C12H13NO6S/c1-13(7-12(15)16)20(17,18)8-2-3-11-9(6-8)10(14)4-5-19-11/h2-3,6H,4-5,7H2,1H3,(H,15,16). The average molecular weight is 299 g/mol. The number of fused-ring (bicyclic) bond motifs is 1. The summed E-state index contributed by atoms with van der Waals surface area (Å²) >= 11 is 0. The van der Waals surface area contributed by atoms with Crippen molar-refractivity contribution in [2.24, 2.45) is 0 Å². The van der Waals surface area contributed by atoms with Crippen LogP contribution in [0.1, 0.15) is 16.8 Å². The fourth-order valence-corrected chi connectivity index (χ4v) is 3.00. The number of sulfonamides is 1. The van der Waals surface area contributed by atoms with Crippen molar-refractivity contribution in [2.75, 3.05) is 20.2 Å². The number of ether oxygens (including phenoxy) is 1. The lowest BCUT2D eigenvalue weighted by Gasteiger charge is -2.19. The van der Waals surface area contributed by atoms with Gasteiger partial charge < -0.3 is 9.84 Å². The minimum absolute atomic E-state index is 0.126. The van der Waals surface area contributed by atoms with E-state index in [1.807, 2.05) is 0 Å². The largest absolute Gasteiger partial charge is 0.492 e. The SMILES string of the molecule is CN(CC(=O)O)S(=O)(=O)c1ccc2c(c1)C(=O)CCO2.